The molecule has 1 N–H and O–H groups in total. The number of carbonyl (C=O) groups is 1. The highest BCUT2D eigenvalue weighted by Crippen LogP contribution is 2.39. The van der Waals surface area contributed by atoms with Crippen LogP contribution in [-0.2, 0) is 4.74 Å². The summed E-state index contributed by atoms with van der Waals surface area (Å²) in [7, 11) is 0. The summed E-state index contributed by atoms with van der Waals surface area (Å²) < 4.78 is 19.3. The molecule has 0 aliphatic carbocycles. The fourth-order valence-corrected chi connectivity index (χ4v) is 4.04. The minimum Gasteiger partial charge on any atom is -0.376 e. The molecule has 0 spiro atoms. The summed E-state index contributed by atoms with van der Waals surface area (Å²) in [6.45, 7) is 5.58. The Balaban J connectivity index is 1.68. The lowest BCUT2D eigenvalue weighted by Gasteiger charge is -2.39. The Morgan fingerprint density at radius 3 is 2.56 bits per heavy atom. The lowest BCUT2D eigenvalue weighted by Crippen LogP contribution is -2.37. The van der Waals surface area contributed by atoms with Gasteiger partial charge in [0.2, 0.25) is 0 Å². The fraction of sp³-hybridized carbons (Fsp3) is 0.435. The monoisotopic (exact) mass is 369 g/mol. The lowest BCUT2D eigenvalue weighted by atomic mass is 9.75. The maximum absolute atomic E-state index is 13.4. The topological polar surface area (TPSA) is 38.3 Å². The number of ether oxygens (including phenoxy) is 1. The number of halogens is 1. The molecule has 0 saturated carbocycles. The van der Waals surface area contributed by atoms with Crippen LogP contribution in [0.5, 0.6) is 0 Å². The highest BCUT2D eigenvalue weighted by atomic mass is 19.1. The molecule has 2 atom stereocenters. The lowest BCUT2D eigenvalue weighted by molar-refractivity contribution is -0.0771. The quantitative estimate of drug-likeness (QED) is 0.784. The molecular formula is C23H28FNO2. The number of amides is 1. The highest BCUT2D eigenvalue weighted by molar-refractivity contribution is 5.94. The first-order valence-electron chi connectivity index (χ1n) is 9.67. The van der Waals surface area contributed by atoms with Crippen molar-refractivity contribution in [1.29, 1.82) is 0 Å². The fourth-order valence-electron chi connectivity index (χ4n) is 4.04. The van der Waals surface area contributed by atoms with E-state index in [0.29, 0.717) is 18.0 Å². The van der Waals surface area contributed by atoms with Gasteiger partial charge in [-0.05, 0) is 74.8 Å². The summed E-state index contributed by atoms with van der Waals surface area (Å²) in [6, 6.07) is 16.0. The molecule has 1 saturated heterocycles. The number of nitrogens with one attached hydrogen (secondary N) is 1. The van der Waals surface area contributed by atoms with Crippen LogP contribution in [0.4, 0.5) is 4.39 Å². The molecule has 27 heavy (non-hydrogen) atoms. The van der Waals surface area contributed by atoms with E-state index in [0.717, 1.165) is 31.4 Å². The van der Waals surface area contributed by atoms with E-state index in [1.165, 1.54) is 12.1 Å². The van der Waals surface area contributed by atoms with Crippen molar-refractivity contribution in [2.24, 2.45) is 5.92 Å². The number of carbonyl (C=O) groups excluding carboxylic acids is 1. The van der Waals surface area contributed by atoms with Gasteiger partial charge in [0.05, 0.1) is 5.60 Å². The van der Waals surface area contributed by atoms with Crippen LogP contribution >= 0.6 is 0 Å². The van der Waals surface area contributed by atoms with Crippen LogP contribution in [0.15, 0.2) is 54.6 Å². The van der Waals surface area contributed by atoms with Gasteiger partial charge in [-0.2, -0.15) is 0 Å². The zero-order valence-corrected chi connectivity index (χ0v) is 16.1. The molecule has 1 fully saturated rings. The summed E-state index contributed by atoms with van der Waals surface area (Å²) in [6.07, 6.45) is 2.77. The van der Waals surface area contributed by atoms with E-state index < -0.39 is 0 Å². The van der Waals surface area contributed by atoms with Gasteiger partial charge in [-0.25, -0.2) is 4.39 Å². The van der Waals surface area contributed by atoms with Gasteiger partial charge in [-0.3, -0.25) is 4.79 Å². The Hall–Kier alpha value is -2.20. The van der Waals surface area contributed by atoms with Crippen molar-refractivity contribution in [2.45, 2.75) is 44.6 Å². The van der Waals surface area contributed by atoms with E-state index in [4.69, 9.17) is 4.74 Å². The van der Waals surface area contributed by atoms with Gasteiger partial charge in [-0.1, -0.05) is 30.3 Å². The molecule has 3 rings (SSSR count). The van der Waals surface area contributed by atoms with Gasteiger partial charge in [0.25, 0.3) is 5.91 Å². The SMILES string of the molecule is CC1(C)CC(C(CCNC(=O)c2ccccc2)c2ccc(F)cc2)CCO1. The average molecular weight is 369 g/mol. The smallest absolute Gasteiger partial charge is 0.251 e. The Morgan fingerprint density at radius 1 is 1.19 bits per heavy atom. The van der Waals surface area contributed by atoms with Crippen molar-refractivity contribution < 1.29 is 13.9 Å². The van der Waals surface area contributed by atoms with E-state index in [2.05, 4.69) is 19.2 Å². The van der Waals surface area contributed by atoms with Crippen LogP contribution < -0.4 is 5.32 Å². The first kappa shape index (κ1) is 19.6. The Morgan fingerprint density at radius 2 is 1.89 bits per heavy atom. The molecule has 1 aliphatic heterocycles. The number of benzene rings is 2. The molecule has 2 aromatic carbocycles. The van der Waals surface area contributed by atoms with Gasteiger partial charge >= 0.3 is 0 Å². The Kier molecular flexibility index (Phi) is 6.27. The highest BCUT2D eigenvalue weighted by Gasteiger charge is 2.34. The standard InChI is InChI=1S/C23H28FNO2/c1-23(2)16-19(13-15-27-23)21(17-8-10-20(24)11-9-17)12-14-25-22(26)18-6-4-3-5-7-18/h3-11,19,21H,12-16H2,1-2H3,(H,25,26). The van der Waals surface area contributed by atoms with Crippen molar-refractivity contribution in [3.05, 3.63) is 71.5 Å². The van der Waals surface area contributed by atoms with E-state index in [1.54, 1.807) is 0 Å². The van der Waals surface area contributed by atoms with Crippen molar-refractivity contribution in [2.75, 3.05) is 13.2 Å². The van der Waals surface area contributed by atoms with Gasteiger partial charge in [-0.15, -0.1) is 0 Å². The molecule has 2 unspecified atom stereocenters. The molecule has 0 radical (unpaired) electrons. The minimum absolute atomic E-state index is 0.0548. The van der Waals surface area contributed by atoms with Crippen molar-refractivity contribution >= 4 is 5.91 Å². The molecule has 1 amide bonds. The second-order valence-corrected chi connectivity index (χ2v) is 7.93. The molecule has 0 bridgehead atoms. The molecule has 1 aliphatic rings. The summed E-state index contributed by atoms with van der Waals surface area (Å²) >= 11 is 0. The molecule has 144 valence electrons. The van der Waals surface area contributed by atoms with Crippen molar-refractivity contribution in [1.82, 2.24) is 5.32 Å². The molecule has 1 heterocycles. The predicted molar refractivity (Wildman–Crippen MR) is 105 cm³/mol. The molecule has 4 heteroatoms. The van der Waals surface area contributed by atoms with E-state index in [9.17, 15) is 9.18 Å². The van der Waals surface area contributed by atoms with Gasteiger partial charge in [0.1, 0.15) is 5.82 Å². The molecule has 2 aromatic rings. The first-order valence-corrected chi connectivity index (χ1v) is 9.67. The van der Waals surface area contributed by atoms with E-state index in [-0.39, 0.29) is 23.2 Å². The van der Waals surface area contributed by atoms with Crippen LogP contribution in [0.3, 0.4) is 0 Å². The Labute approximate surface area is 160 Å². The first-order chi connectivity index (χ1) is 12.9. The van der Waals surface area contributed by atoms with Crippen LogP contribution in [0.2, 0.25) is 0 Å². The van der Waals surface area contributed by atoms with Crippen LogP contribution in [0, 0.1) is 11.7 Å². The Bertz CT molecular complexity index is 743. The van der Waals surface area contributed by atoms with Crippen molar-refractivity contribution in [3.63, 3.8) is 0 Å². The predicted octanol–water partition coefficient (Wildman–Crippen LogP) is 4.93. The number of rotatable bonds is 6. The normalized spacial score (nSPS) is 20.0. The zero-order chi connectivity index (χ0) is 19.3. The maximum Gasteiger partial charge on any atom is 0.251 e. The molecule has 0 aromatic heterocycles. The van der Waals surface area contributed by atoms with E-state index >= 15 is 0 Å². The third-order valence-electron chi connectivity index (χ3n) is 5.38. The second-order valence-electron chi connectivity index (χ2n) is 7.93. The summed E-state index contributed by atoms with van der Waals surface area (Å²) in [4.78, 5) is 12.3. The molecular weight excluding hydrogens is 341 g/mol. The zero-order valence-electron chi connectivity index (χ0n) is 16.1. The average Bonchev–Trinajstić information content (AvgIpc) is 2.66. The largest absolute Gasteiger partial charge is 0.376 e. The van der Waals surface area contributed by atoms with Gasteiger partial charge < -0.3 is 10.1 Å². The third-order valence-corrected chi connectivity index (χ3v) is 5.38. The number of hydrogen-bond acceptors (Lipinski definition) is 2. The molecule has 3 nitrogen and oxygen atoms in total. The van der Waals surface area contributed by atoms with E-state index in [1.807, 2.05) is 42.5 Å². The van der Waals surface area contributed by atoms with Gasteiger partial charge in [0.15, 0.2) is 0 Å². The third kappa shape index (κ3) is 5.39. The minimum atomic E-state index is -0.220. The van der Waals surface area contributed by atoms with Gasteiger partial charge in [0, 0.05) is 18.7 Å². The van der Waals surface area contributed by atoms with Crippen LogP contribution in [-0.4, -0.2) is 24.7 Å². The van der Waals surface area contributed by atoms with Crippen LogP contribution in [0.25, 0.3) is 0 Å². The van der Waals surface area contributed by atoms with Crippen molar-refractivity contribution in [3.8, 4) is 0 Å². The van der Waals surface area contributed by atoms with Crippen LogP contribution in [0.1, 0.15) is 54.9 Å². The summed E-state index contributed by atoms with van der Waals surface area (Å²) in [5.74, 6) is 0.445. The maximum atomic E-state index is 13.4. The second kappa shape index (κ2) is 8.66. The summed E-state index contributed by atoms with van der Waals surface area (Å²) in [5, 5.41) is 3.03. The number of hydrogen-bond donors (Lipinski definition) is 1. The summed E-state index contributed by atoms with van der Waals surface area (Å²) in [5.41, 5.74) is 1.66.